The Hall–Kier alpha value is -3.98. The lowest BCUT2D eigenvalue weighted by Crippen LogP contribution is -2.10. The first-order valence-corrected chi connectivity index (χ1v) is 11.7. The van der Waals surface area contributed by atoms with Gasteiger partial charge in [-0.15, -0.1) is 0 Å². The van der Waals surface area contributed by atoms with Crippen LogP contribution in [0.1, 0.15) is 32.0 Å². The minimum atomic E-state index is 0.125. The fraction of sp³-hybridized carbons (Fsp3) is 0.161. The van der Waals surface area contributed by atoms with Crippen molar-refractivity contribution < 1.29 is 4.42 Å². The van der Waals surface area contributed by atoms with E-state index in [1.54, 1.807) is 6.26 Å². The van der Waals surface area contributed by atoms with Gasteiger partial charge in [-0.3, -0.25) is 4.98 Å². The van der Waals surface area contributed by atoms with Crippen LogP contribution in [0.15, 0.2) is 89.7 Å². The van der Waals surface area contributed by atoms with Crippen LogP contribution >= 0.6 is 0 Å². The van der Waals surface area contributed by atoms with Crippen LogP contribution < -0.4 is 0 Å². The average Bonchev–Trinajstić information content (AvgIpc) is 3.31. The molecule has 0 bridgehead atoms. The first-order chi connectivity index (χ1) is 16.4. The quantitative estimate of drug-likeness (QED) is 0.270. The molecular weight excluding hydrogens is 416 g/mol. The molecule has 0 spiro atoms. The van der Waals surface area contributed by atoms with E-state index in [4.69, 9.17) is 14.4 Å². The van der Waals surface area contributed by atoms with Gasteiger partial charge < -0.3 is 4.42 Å². The van der Waals surface area contributed by atoms with E-state index in [9.17, 15) is 0 Å². The number of fused-ring (bicyclic) bond motifs is 4. The maximum Gasteiger partial charge on any atom is 0.160 e. The summed E-state index contributed by atoms with van der Waals surface area (Å²) in [6.07, 6.45) is 3.70. The van der Waals surface area contributed by atoms with Crippen molar-refractivity contribution in [3.63, 3.8) is 0 Å². The first kappa shape index (κ1) is 20.6. The summed E-state index contributed by atoms with van der Waals surface area (Å²) in [5.41, 5.74) is 8.45. The molecule has 34 heavy (non-hydrogen) atoms. The minimum absolute atomic E-state index is 0.125. The zero-order valence-electron chi connectivity index (χ0n) is 19.9. The average molecular weight is 443 g/mol. The molecule has 0 amide bonds. The fourth-order valence-electron chi connectivity index (χ4n) is 4.73. The van der Waals surface area contributed by atoms with E-state index in [0.717, 1.165) is 44.4 Å². The predicted molar refractivity (Wildman–Crippen MR) is 141 cm³/mol. The van der Waals surface area contributed by atoms with Crippen LogP contribution in [0.4, 0.5) is 0 Å². The topological polar surface area (TPSA) is 38.9 Å². The second-order valence-electron chi connectivity index (χ2n) is 10.0. The normalized spacial score (nSPS) is 12.1. The molecule has 0 atom stereocenters. The summed E-state index contributed by atoms with van der Waals surface area (Å²) in [6.45, 7) is 8.76. The SMILES string of the molecule is Cc1ccc2c(-c3ccc(-c4cccc5cc(C(C)(C)C)ccc45)cn3)cc3ccoc3c2n1. The second kappa shape index (κ2) is 7.53. The number of aryl methyl sites for hydroxylation is 1. The minimum Gasteiger partial charge on any atom is -0.462 e. The maximum atomic E-state index is 5.74. The van der Waals surface area contributed by atoms with Crippen molar-refractivity contribution in [2.24, 2.45) is 0 Å². The number of benzene rings is 3. The smallest absolute Gasteiger partial charge is 0.160 e. The van der Waals surface area contributed by atoms with E-state index in [1.807, 2.05) is 25.3 Å². The lowest BCUT2D eigenvalue weighted by molar-refractivity contribution is 0.591. The molecule has 0 N–H and O–H groups in total. The van der Waals surface area contributed by atoms with Crippen LogP contribution in [0, 0.1) is 6.92 Å². The number of aromatic nitrogens is 2. The Bertz CT molecular complexity index is 1690. The zero-order chi connectivity index (χ0) is 23.4. The molecule has 6 aromatic rings. The van der Waals surface area contributed by atoms with Crippen molar-refractivity contribution in [2.45, 2.75) is 33.1 Å². The Balaban J connectivity index is 1.47. The number of pyridine rings is 2. The van der Waals surface area contributed by atoms with Gasteiger partial charge in [-0.2, -0.15) is 0 Å². The number of rotatable bonds is 2. The first-order valence-electron chi connectivity index (χ1n) is 11.7. The molecule has 166 valence electrons. The molecule has 3 aromatic carbocycles. The van der Waals surface area contributed by atoms with E-state index < -0.39 is 0 Å². The molecule has 3 nitrogen and oxygen atoms in total. The Kier molecular flexibility index (Phi) is 4.56. The maximum absolute atomic E-state index is 5.74. The van der Waals surface area contributed by atoms with Crippen LogP contribution in [-0.4, -0.2) is 9.97 Å². The van der Waals surface area contributed by atoms with Crippen molar-refractivity contribution in [3.8, 4) is 22.4 Å². The van der Waals surface area contributed by atoms with Gasteiger partial charge in [-0.05, 0) is 58.5 Å². The third kappa shape index (κ3) is 3.36. The van der Waals surface area contributed by atoms with E-state index in [2.05, 4.69) is 81.4 Å². The molecule has 3 heterocycles. The van der Waals surface area contributed by atoms with Gasteiger partial charge in [0.25, 0.3) is 0 Å². The second-order valence-corrected chi connectivity index (χ2v) is 10.0. The monoisotopic (exact) mass is 442 g/mol. The molecule has 3 heteroatoms. The van der Waals surface area contributed by atoms with Gasteiger partial charge in [0, 0.05) is 33.8 Å². The Morgan fingerprint density at radius 2 is 1.62 bits per heavy atom. The zero-order valence-corrected chi connectivity index (χ0v) is 19.9. The molecule has 0 aliphatic carbocycles. The van der Waals surface area contributed by atoms with Gasteiger partial charge >= 0.3 is 0 Å². The van der Waals surface area contributed by atoms with Crippen molar-refractivity contribution in [2.75, 3.05) is 0 Å². The van der Waals surface area contributed by atoms with Crippen molar-refractivity contribution in [1.29, 1.82) is 0 Å². The molecule has 0 unspecified atom stereocenters. The number of nitrogens with zero attached hydrogens (tertiary/aromatic N) is 2. The standard InChI is InChI=1S/C31H26N2O/c1-19-8-11-26-27(17-21-14-15-34-30(21)29(26)33-19)28-13-9-22(18-32-28)24-7-5-6-20-16-23(31(2,3)4)10-12-25(20)24/h5-18H,1-4H3. The van der Waals surface area contributed by atoms with E-state index in [0.29, 0.717) is 0 Å². The van der Waals surface area contributed by atoms with Gasteiger partial charge in [0.1, 0.15) is 5.52 Å². The van der Waals surface area contributed by atoms with Crippen LogP contribution in [0.3, 0.4) is 0 Å². The van der Waals surface area contributed by atoms with Crippen molar-refractivity contribution in [1.82, 2.24) is 9.97 Å². The summed E-state index contributed by atoms with van der Waals surface area (Å²) in [7, 11) is 0. The van der Waals surface area contributed by atoms with Crippen molar-refractivity contribution in [3.05, 3.63) is 96.5 Å². The largest absolute Gasteiger partial charge is 0.462 e. The number of furan rings is 1. The summed E-state index contributed by atoms with van der Waals surface area (Å²) in [4.78, 5) is 9.66. The molecule has 0 aliphatic rings. The summed E-state index contributed by atoms with van der Waals surface area (Å²) in [5, 5.41) is 4.59. The van der Waals surface area contributed by atoms with Crippen LogP contribution in [0.2, 0.25) is 0 Å². The lowest BCUT2D eigenvalue weighted by atomic mass is 9.85. The Labute approximate surface area is 199 Å². The highest BCUT2D eigenvalue weighted by Crippen LogP contribution is 2.36. The summed E-state index contributed by atoms with van der Waals surface area (Å²) in [5.74, 6) is 0. The van der Waals surface area contributed by atoms with Gasteiger partial charge in [-0.1, -0.05) is 69.3 Å². The Morgan fingerprint density at radius 3 is 2.41 bits per heavy atom. The number of hydrogen-bond donors (Lipinski definition) is 0. The molecule has 0 saturated carbocycles. The van der Waals surface area contributed by atoms with E-state index in [1.165, 1.54) is 21.9 Å². The predicted octanol–water partition coefficient (Wildman–Crippen LogP) is 8.47. The molecule has 0 fully saturated rings. The van der Waals surface area contributed by atoms with Crippen LogP contribution in [0.5, 0.6) is 0 Å². The summed E-state index contributed by atoms with van der Waals surface area (Å²) < 4.78 is 5.74. The molecule has 0 aliphatic heterocycles. The van der Waals surface area contributed by atoms with E-state index >= 15 is 0 Å². The number of hydrogen-bond acceptors (Lipinski definition) is 3. The molecule has 0 radical (unpaired) electrons. The van der Waals surface area contributed by atoms with Gasteiger partial charge in [0.2, 0.25) is 0 Å². The lowest BCUT2D eigenvalue weighted by Gasteiger charge is -2.20. The highest BCUT2D eigenvalue weighted by Gasteiger charge is 2.16. The third-order valence-electron chi connectivity index (χ3n) is 6.63. The molecule has 3 aromatic heterocycles. The Morgan fingerprint density at radius 1 is 0.765 bits per heavy atom. The summed E-state index contributed by atoms with van der Waals surface area (Å²) >= 11 is 0. The van der Waals surface area contributed by atoms with Gasteiger partial charge in [-0.25, -0.2) is 4.98 Å². The van der Waals surface area contributed by atoms with E-state index in [-0.39, 0.29) is 5.41 Å². The third-order valence-corrected chi connectivity index (χ3v) is 6.63. The molecule has 6 rings (SSSR count). The fourth-order valence-corrected chi connectivity index (χ4v) is 4.73. The van der Waals surface area contributed by atoms with Crippen LogP contribution in [0.25, 0.3) is 55.0 Å². The van der Waals surface area contributed by atoms with Crippen molar-refractivity contribution >= 4 is 32.6 Å². The molecular formula is C31H26N2O. The highest BCUT2D eigenvalue weighted by molar-refractivity contribution is 6.09. The van der Waals surface area contributed by atoms with Crippen LogP contribution in [-0.2, 0) is 5.41 Å². The molecule has 0 saturated heterocycles. The van der Waals surface area contributed by atoms with Gasteiger partial charge in [0.15, 0.2) is 5.58 Å². The van der Waals surface area contributed by atoms with Gasteiger partial charge in [0.05, 0.1) is 12.0 Å². The summed E-state index contributed by atoms with van der Waals surface area (Å²) in [6, 6.07) is 25.9. The highest BCUT2D eigenvalue weighted by atomic mass is 16.3.